The zero-order valence-electron chi connectivity index (χ0n) is 25.0. The molecule has 5 rings (SSSR count). The Balaban J connectivity index is 1.50. The van der Waals surface area contributed by atoms with E-state index in [2.05, 4.69) is 33.0 Å². The third kappa shape index (κ3) is 6.28. The van der Waals surface area contributed by atoms with Gasteiger partial charge in [-0.3, -0.25) is 14.5 Å². The highest BCUT2D eigenvalue weighted by Gasteiger charge is 2.35. The van der Waals surface area contributed by atoms with Crippen molar-refractivity contribution in [2.24, 2.45) is 0 Å². The number of rotatable bonds is 11. The molecule has 0 radical (unpaired) electrons. The van der Waals surface area contributed by atoms with Gasteiger partial charge in [0, 0.05) is 48.8 Å². The van der Waals surface area contributed by atoms with Gasteiger partial charge in [0.25, 0.3) is 5.91 Å². The average molecular weight is 571 g/mol. The number of benzene rings is 2. The quantitative estimate of drug-likeness (QED) is 0.266. The van der Waals surface area contributed by atoms with Gasteiger partial charge in [-0.15, -0.1) is 0 Å². The van der Waals surface area contributed by atoms with E-state index in [9.17, 15) is 14.4 Å². The van der Waals surface area contributed by atoms with Crippen molar-refractivity contribution in [1.29, 1.82) is 0 Å². The Kier molecular flexibility index (Phi) is 9.42. The number of carbonyl (C=O) groups is 3. The van der Waals surface area contributed by atoms with Crippen LogP contribution < -0.4 is 10.1 Å². The maximum atomic E-state index is 13.6. The summed E-state index contributed by atoms with van der Waals surface area (Å²) in [5, 5.41) is 3.78. The smallest absolute Gasteiger partial charge is 0.251 e. The van der Waals surface area contributed by atoms with Crippen LogP contribution in [0.1, 0.15) is 66.2 Å². The molecule has 1 atom stereocenters. The zero-order valence-corrected chi connectivity index (χ0v) is 25.0. The fraction of sp³-hybridized carbons (Fsp3) is 0.441. The number of aromatic nitrogens is 1. The molecule has 1 aliphatic carbocycles. The molecule has 1 N–H and O–H groups in total. The number of fused-ring (bicyclic) bond motifs is 3. The van der Waals surface area contributed by atoms with Crippen LogP contribution in [0.2, 0.25) is 0 Å². The molecule has 2 amide bonds. The summed E-state index contributed by atoms with van der Waals surface area (Å²) in [6, 6.07) is 13.7. The Morgan fingerprint density at radius 3 is 2.64 bits per heavy atom. The lowest BCUT2D eigenvalue weighted by molar-refractivity contribution is -0.138. The number of amides is 2. The first kappa shape index (κ1) is 29.6. The van der Waals surface area contributed by atoms with Crippen molar-refractivity contribution in [3.63, 3.8) is 0 Å². The van der Waals surface area contributed by atoms with Gasteiger partial charge in [-0.1, -0.05) is 25.1 Å². The van der Waals surface area contributed by atoms with E-state index >= 15 is 0 Å². The highest BCUT2D eigenvalue weighted by molar-refractivity contribution is 5.94. The van der Waals surface area contributed by atoms with Crippen LogP contribution in [-0.2, 0) is 29.1 Å². The molecule has 42 heavy (non-hydrogen) atoms. The maximum absolute atomic E-state index is 13.6. The Morgan fingerprint density at radius 1 is 1.14 bits per heavy atom. The summed E-state index contributed by atoms with van der Waals surface area (Å²) in [7, 11) is 3.62. The Morgan fingerprint density at radius 2 is 1.95 bits per heavy atom. The van der Waals surface area contributed by atoms with Crippen molar-refractivity contribution in [3.05, 3.63) is 76.5 Å². The number of allylic oxidation sites excluding steroid dienone is 1. The standard InChI is InChI=1S/C34H42N4O4/c1-4-16-37(17-18-39)34(41)31-20-29-28-19-27(42-23-25-8-6-5-7-9-25)14-15-30(28)38(32(29)22-36(31)3)21-24-10-12-26(13-11-24)33(40)35-2/h8,10-15,18-19,31H,4-7,9,16-17,20-23H2,1-3H3,(H,35,40). The second kappa shape index (κ2) is 13.4. The molecule has 8 nitrogen and oxygen atoms in total. The molecule has 0 bridgehead atoms. The lowest BCUT2D eigenvalue weighted by Gasteiger charge is -2.35. The predicted octanol–water partition coefficient (Wildman–Crippen LogP) is 4.72. The van der Waals surface area contributed by atoms with Gasteiger partial charge in [0.05, 0.1) is 12.6 Å². The first-order valence-corrected chi connectivity index (χ1v) is 15.1. The number of carbonyl (C=O) groups excluding carboxylic acids is 3. The molecule has 2 heterocycles. The number of ether oxygens (including phenoxy) is 1. The molecule has 0 spiro atoms. The van der Waals surface area contributed by atoms with Crippen LogP contribution in [0.3, 0.4) is 0 Å². The second-order valence-corrected chi connectivity index (χ2v) is 11.4. The fourth-order valence-corrected chi connectivity index (χ4v) is 6.27. The molecule has 0 fully saturated rings. The minimum absolute atomic E-state index is 0.000528. The van der Waals surface area contributed by atoms with E-state index in [0.29, 0.717) is 38.2 Å². The van der Waals surface area contributed by atoms with Crippen molar-refractivity contribution < 1.29 is 19.1 Å². The summed E-state index contributed by atoms with van der Waals surface area (Å²) in [5.41, 5.74) is 6.51. The minimum Gasteiger partial charge on any atom is -0.489 e. The van der Waals surface area contributed by atoms with Gasteiger partial charge in [-0.2, -0.15) is 0 Å². The predicted molar refractivity (Wildman–Crippen MR) is 165 cm³/mol. The molecule has 2 aliphatic rings. The van der Waals surface area contributed by atoms with Gasteiger partial charge < -0.3 is 24.3 Å². The van der Waals surface area contributed by atoms with Crippen LogP contribution in [-0.4, -0.2) is 72.3 Å². The van der Waals surface area contributed by atoms with E-state index < -0.39 is 0 Å². The van der Waals surface area contributed by atoms with E-state index in [1.165, 1.54) is 24.1 Å². The van der Waals surface area contributed by atoms with E-state index in [4.69, 9.17) is 4.74 Å². The highest BCUT2D eigenvalue weighted by Crippen LogP contribution is 2.36. The highest BCUT2D eigenvalue weighted by atomic mass is 16.5. The molecular weight excluding hydrogens is 528 g/mol. The van der Waals surface area contributed by atoms with Gasteiger partial charge in [0.2, 0.25) is 5.91 Å². The van der Waals surface area contributed by atoms with Gasteiger partial charge in [0.15, 0.2) is 0 Å². The molecule has 2 aromatic carbocycles. The maximum Gasteiger partial charge on any atom is 0.251 e. The van der Waals surface area contributed by atoms with E-state index in [1.807, 2.05) is 44.3 Å². The lowest BCUT2D eigenvalue weighted by Crippen LogP contribution is -2.51. The van der Waals surface area contributed by atoms with Crippen molar-refractivity contribution in [2.75, 3.05) is 33.8 Å². The molecular formula is C34H42N4O4. The zero-order chi connectivity index (χ0) is 29.6. The third-order valence-electron chi connectivity index (χ3n) is 8.57. The molecule has 1 aliphatic heterocycles. The average Bonchev–Trinajstić information content (AvgIpc) is 3.30. The topological polar surface area (TPSA) is 83.9 Å². The monoisotopic (exact) mass is 570 g/mol. The van der Waals surface area contributed by atoms with Crippen molar-refractivity contribution in [1.82, 2.24) is 19.7 Å². The summed E-state index contributed by atoms with van der Waals surface area (Å²) in [4.78, 5) is 40.8. The van der Waals surface area contributed by atoms with Crippen LogP contribution in [0, 0.1) is 0 Å². The summed E-state index contributed by atoms with van der Waals surface area (Å²) in [6.45, 7) is 4.57. The summed E-state index contributed by atoms with van der Waals surface area (Å²) < 4.78 is 8.61. The van der Waals surface area contributed by atoms with Crippen molar-refractivity contribution in [2.45, 2.75) is 64.6 Å². The summed E-state index contributed by atoms with van der Waals surface area (Å²) in [6.07, 6.45) is 9.18. The number of likely N-dealkylation sites (N-methyl/N-ethyl adjacent to an activating group) is 1. The van der Waals surface area contributed by atoms with Gasteiger partial charge in [-0.25, -0.2) is 0 Å². The normalized spacial score (nSPS) is 16.9. The minimum atomic E-state index is -0.341. The van der Waals surface area contributed by atoms with E-state index in [-0.39, 0.29) is 24.4 Å². The van der Waals surface area contributed by atoms with E-state index in [0.717, 1.165) is 53.3 Å². The molecule has 1 unspecified atom stereocenters. The fourth-order valence-electron chi connectivity index (χ4n) is 6.27. The third-order valence-corrected chi connectivity index (χ3v) is 8.57. The van der Waals surface area contributed by atoms with Crippen LogP contribution in [0.5, 0.6) is 5.75 Å². The van der Waals surface area contributed by atoms with Crippen LogP contribution in [0.25, 0.3) is 10.9 Å². The molecule has 3 aromatic rings. The molecule has 0 saturated heterocycles. The Hall–Kier alpha value is -3.91. The second-order valence-electron chi connectivity index (χ2n) is 11.4. The number of nitrogens with zero attached hydrogens (tertiary/aromatic N) is 3. The van der Waals surface area contributed by atoms with Crippen LogP contribution in [0.4, 0.5) is 0 Å². The SMILES string of the molecule is CCCN(CC=O)C(=O)C1Cc2c(n(Cc3ccc(C(=O)NC)cc3)c3ccc(OCC4=CCCCC4)cc23)CN1C. The largest absolute Gasteiger partial charge is 0.489 e. The first-order chi connectivity index (χ1) is 20.4. The van der Waals surface area contributed by atoms with Crippen LogP contribution >= 0.6 is 0 Å². The molecule has 222 valence electrons. The number of hydrogen-bond donors (Lipinski definition) is 1. The summed E-state index contributed by atoms with van der Waals surface area (Å²) >= 11 is 0. The summed E-state index contributed by atoms with van der Waals surface area (Å²) in [5.74, 6) is 0.726. The number of hydrogen-bond acceptors (Lipinski definition) is 5. The van der Waals surface area contributed by atoms with Gasteiger partial charge in [0.1, 0.15) is 18.6 Å². The van der Waals surface area contributed by atoms with E-state index in [1.54, 1.807) is 11.9 Å². The molecule has 1 aromatic heterocycles. The molecule has 0 saturated carbocycles. The number of nitrogens with one attached hydrogen (secondary N) is 1. The first-order valence-electron chi connectivity index (χ1n) is 15.1. The van der Waals surface area contributed by atoms with Crippen molar-refractivity contribution >= 4 is 29.0 Å². The Bertz CT molecular complexity index is 1470. The molecule has 8 heteroatoms. The van der Waals surface area contributed by atoms with Gasteiger partial charge in [-0.05, 0) is 92.6 Å². The lowest BCUT2D eigenvalue weighted by atomic mass is 9.96. The van der Waals surface area contributed by atoms with Crippen molar-refractivity contribution in [3.8, 4) is 5.75 Å². The Labute approximate surface area is 248 Å². The van der Waals surface area contributed by atoms with Crippen LogP contribution in [0.15, 0.2) is 54.1 Å². The van der Waals surface area contributed by atoms with Gasteiger partial charge >= 0.3 is 0 Å². The number of aldehydes is 1.